The van der Waals surface area contributed by atoms with Gasteiger partial charge in [-0.05, 0) is 51.2 Å². The number of rotatable bonds is 4. The average Bonchev–Trinajstić information content (AvgIpc) is 2.72. The van der Waals surface area contributed by atoms with Crippen LogP contribution in [0.2, 0.25) is 0 Å². The monoisotopic (exact) mass is 342 g/mol. The van der Waals surface area contributed by atoms with Crippen LogP contribution in [0.15, 0.2) is 29.2 Å². The van der Waals surface area contributed by atoms with Crippen molar-refractivity contribution >= 4 is 15.7 Å². The van der Waals surface area contributed by atoms with Crippen LogP contribution in [0.3, 0.4) is 0 Å². The predicted octanol–water partition coefficient (Wildman–Crippen LogP) is 1.54. The van der Waals surface area contributed by atoms with Gasteiger partial charge in [0, 0.05) is 26.1 Å². The number of benzene rings is 1. The van der Waals surface area contributed by atoms with Crippen molar-refractivity contribution in [3.05, 3.63) is 30.1 Å². The minimum atomic E-state index is -3.63. The van der Waals surface area contributed by atoms with Crippen molar-refractivity contribution in [2.75, 3.05) is 33.2 Å². The number of amides is 1. The highest BCUT2D eigenvalue weighted by Crippen LogP contribution is 2.19. The lowest BCUT2D eigenvalue weighted by molar-refractivity contribution is -0.131. The molecule has 0 saturated carbocycles. The summed E-state index contributed by atoms with van der Waals surface area (Å²) in [6, 6.07) is 4.72. The zero-order chi connectivity index (χ0) is 17.0. The second-order valence-electron chi connectivity index (χ2n) is 6.05. The summed E-state index contributed by atoms with van der Waals surface area (Å²) in [5, 5.41) is -0.832. The highest BCUT2D eigenvalue weighted by molar-refractivity contribution is 7.92. The highest BCUT2D eigenvalue weighted by Gasteiger charge is 2.28. The fourth-order valence-corrected chi connectivity index (χ4v) is 3.98. The lowest BCUT2D eigenvalue weighted by Gasteiger charge is -2.22. The fraction of sp³-hybridized carbons (Fsp3) is 0.562. The standard InChI is InChI=1S/C16H23FN2O3S/c1-13(23(21,22)15-6-4-14(17)5-7-15)12-16(20)19-9-3-8-18(2)10-11-19/h4-7,13H,3,8-12H2,1-2H3/t13-/m0/s1. The summed E-state index contributed by atoms with van der Waals surface area (Å²) in [6.07, 6.45) is 0.838. The Morgan fingerprint density at radius 3 is 2.48 bits per heavy atom. The lowest BCUT2D eigenvalue weighted by Crippen LogP contribution is -2.37. The summed E-state index contributed by atoms with van der Waals surface area (Å²) in [4.78, 5) is 16.3. The van der Waals surface area contributed by atoms with Crippen LogP contribution in [0.4, 0.5) is 4.39 Å². The molecule has 2 rings (SSSR count). The van der Waals surface area contributed by atoms with Crippen LogP contribution in [-0.4, -0.2) is 62.6 Å². The van der Waals surface area contributed by atoms with Crippen LogP contribution in [0.1, 0.15) is 19.8 Å². The van der Waals surface area contributed by atoms with Crippen LogP contribution in [-0.2, 0) is 14.6 Å². The van der Waals surface area contributed by atoms with Crippen molar-refractivity contribution in [2.24, 2.45) is 0 Å². The smallest absolute Gasteiger partial charge is 0.223 e. The third kappa shape index (κ3) is 4.51. The van der Waals surface area contributed by atoms with Gasteiger partial charge >= 0.3 is 0 Å². The minimum absolute atomic E-state index is 0.0507. The Balaban J connectivity index is 2.03. The van der Waals surface area contributed by atoms with Gasteiger partial charge in [-0.2, -0.15) is 0 Å². The molecular weight excluding hydrogens is 319 g/mol. The van der Waals surface area contributed by atoms with Crippen LogP contribution >= 0.6 is 0 Å². The van der Waals surface area contributed by atoms with Gasteiger partial charge in [-0.1, -0.05) is 0 Å². The molecule has 1 saturated heterocycles. The van der Waals surface area contributed by atoms with Crippen molar-refractivity contribution in [2.45, 2.75) is 29.9 Å². The Labute approximate surface area is 137 Å². The van der Waals surface area contributed by atoms with E-state index in [2.05, 4.69) is 4.90 Å². The quantitative estimate of drug-likeness (QED) is 0.779. The number of carbonyl (C=O) groups excluding carboxylic acids is 1. The van der Waals surface area contributed by atoms with E-state index in [-0.39, 0.29) is 17.2 Å². The first-order valence-electron chi connectivity index (χ1n) is 7.76. The fourth-order valence-electron chi connectivity index (χ4n) is 2.64. The van der Waals surface area contributed by atoms with Crippen molar-refractivity contribution in [1.82, 2.24) is 9.80 Å². The maximum atomic E-state index is 12.9. The number of halogens is 1. The summed E-state index contributed by atoms with van der Waals surface area (Å²) < 4.78 is 37.9. The largest absolute Gasteiger partial charge is 0.341 e. The van der Waals surface area contributed by atoms with Crippen LogP contribution in [0, 0.1) is 5.82 Å². The molecule has 0 bridgehead atoms. The van der Waals surface area contributed by atoms with Gasteiger partial charge in [0.25, 0.3) is 0 Å². The first-order valence-corrected chi connectivity index (χ1v) is 9.31. The molecule has 128 valence electrons. The predicted molar refractivity (Wildman–Crippen MR) is 86.4 cm³/mol. The van der Waals surface area contributed by atoms with E-state index < -0.39 is 20.9 Å². The highest BCUT2D eigenvalue weighted by atomic mass is 32.2. The first-order chi connectivity index (χ1) is 10.8. The van der Waals surface area contributed by atoms with E-state index in [4.69, 9.17) is 0 Å². The average molecular weight is 342 g/mol. The van der Waals surface area contributed by atoms with E-state index in [0.29, 0.717) is 13.1 Å². The zero-order valence-corrected chi connectivity index (χ0v) is 14.4. The molecular formula is C16H23FN2O3S. The van der Waals surface area contributed by atoms with E-state index in [9.17, 15) is 17.6 Å². The van der Waals surface area contributed by atoms with Crippen molar-refractivity contribution in [3.8, 4) is 0 Å². The first kappa shape index (κ1) is 17.9. The third-order valence-electron chi connectivity index (χ3n) is 4.21. The molecule has 5 nitrogen and oxygen atoms in total. The van der Waals surface area contributed by atoms with E-state index in [1.54, 1.807) is 4.90 Å². The topological polar surface area (TPSA) is 57.7 Å². The molecule has 1 fully saturated rings. The molecule has 0 spiro atoms. The van der Waals surface area contributed by atoms with Gasteiger partial charge in [0.2, 0.25) is 5.91 Å². The van der Waals surface area contributed by atoms with Gasteiger partial charge in [-0.3, -0.25) is 4.79 Å². The van der Waals surface area contributed by atoms with Gasteiger partial charge in [0.15, 0.2) is 9.84 Å². The molecule has 1 aromatic rings. The molecule has 1 aliphatic rings. The zero-order valence-electron chi connectivity index (χ0n) is 13.5. The summed E-state index contributed by atoms with van der Waals surface area (Å²) in [5.41, 5.74) is 0. The Morgan fingerprint density at radius 1 is 1.17 bits per heavy atom. The number of likely N-dealkylation sites (N-methyl/N-ethyl adjacent to an activating group) is 1. The SMILES string of the molecule is C[C@@H](CC(=O)N1CCCN(C)CC1)S(=O)(=O)c1ccc(F)cc1. The molecule has 1 atom stereocenters. The molecule has 1 amide bonds. The molecule has 1 aliphatic heterocycles. The molecule has 0 N–H and O–H groups in total. The molecule has 1 aromatic carbocycles. The second-order valence-corrected chi connectivity index (χ2v) is 8.42. The molecule has 7 heteroatoms. The molecule has 23 heavy (non-hydrogen) atoms. The minimum Gasteiger partial charge on any atom is -0.341 e. The van der Waals surface area contributed by atoms with Crippen molar-refractivity contribution in [1.29, 1.82) is 0 Å². The molecule has 0 radical (unpaired) electrons. The van der Waals surface area contributed by atoms with Crippen LogP contribution in [0.25, 0.3) is 0 Å². The van der Waals surface area contributed by atoms with Crippen molar-refractivity contribution < 1.29 is 17.6 Å². The number of hydrogen-bond donors (Lipinski definition) is 0. The second kappa shape index (κ2) is 7.40. The summed E-state index contributed by atoms with van der Waals surface area (Å²) >= 11 is 0. The normalized spacial score (nSPS) is 18.5. The number of nitrogens with zero attached hydrogens (tertiary/aromatic N) is 2. The third-order valence-corrected chi connectivity index (χ3v) is 6.36. The lowest BCUT2D eigenvalue weighted by atomic mass is 10.3. The summed E-state index contributed by atoms with van der Waals surface area (Å²) in [6.45, 7) is 4.55. The maximum Gasteiger partial charge on any atom is 0.223 e. The number of carbonyl (C=O) groups is 1. The van der Waals surface area contributed by atoms with Gasteiger partial charge in [-0.15, -0.1) is 0 Å². The van der Waals surface area contributed by atoms with Crippen molar-refractivity contribution in [3.63, 3.8) is 0 Å². The molecule has 0 aromatic heterocycles. The van der Waals surface area contributed by atoms with Gasteiger partial charge in [-0.25, -0.2) is 12.8 Å². The Morgan fingerprint density at radius 2 is 1.83 bits per heavy atom. The Bertz CT molecular complexity index is 646. The van der Waals surface area contributed by atoms with Gasteiger partial charge in [0.1, 0.15) is 5.82 Å². The Kier molecular flexibility index (Phi) is 5.75. The summed E-state index contributed by atoms with van der Waals surface area (Å²) in [7, 11) is -1.62. The van der Waals surface area contributed by atoms with Gasteiger partial charge < -0.3 is 9.80 Å². The van der Waals surface area contributed by atoms with E-state index >= 15 is 0 Å². The number of hydrogen-bond acceptors (Lipinski definition) is 4. The molecule has 0 unspecified atom stereocenters. The summed E-state index contributed by atoms with van der Waals surface area (Å²) in [5.74, 6) is -0.625. The van der Waals surface area contributed by atoms with Crippen LogP contribution in [0.5, 0.6) is 0 Å². The van der Waals surface area contributed by atoms with E-state index in [1.165, 1.54) is 19.1 Å². The maximum absolute atomic E-state index is 12.9. The van der Waals surface area contributed by atoms with E-state index in [1.807, 2.05) is 7.05 Å². The Hall–Kier alpha value is -1.47. The van der Waals surface area contributed by atoms with E-state index in [0.717, 1.165) is 31.6 Å². The molecule has 1 heterocycles. The van der Waals surface area contributed by atoms with Gasteiger partial charge in [0.05, 0.1) is 10.1 Å². The molecule has 0 aliphatic carbocycles. The number of sulfone groups is 1. The van der Waals surface area contributed by atoms with Crippen LogP contribution < -0.4 is 0 Å².